The van der Waals surface area contributed by atoms with Crippen LogP contribution in [0.4, 0.5) is 4.79 Å². The smallest absolute Gasteiger partial charge is 0.320 e. The minimum atomic E-state index is -2.12. The monoisotopic (exact) mass is 254 g/mol. The van der Waals surface area contributed by atoms with E-state index >= 15 is 0 Å². The van der Waals surface area contributed by atoms with Crippen molar-refractivity contribution in [1.82, 2.24) is 20.4 Å². The van der Waals surface area contributed by atoms with E-state index in [9.17, 15) is 4.79 Å². The number of nitrogens with zero attached hydrogens (tertiary/aromatic N) is 4. The summed E-state index contributed by atoms with van der Waals surface area (Å²) in [5.74, 6) is 0. The Bertz CT molecular complexity index is 444. The van der Waals surface area contributed by atoms with Gasteiger partial charge < -0.3 is 20.4 Å². The van der Waals surface area contributed by atoms with Crippen molar-refractivity contribution in [3.8, 4) is 12.1 Å². The maximum Gasteiger partial charge on any atom is 0.320 e. The molecule has 0 atom stereocenters. The van der Waals surface area contributed by atoms with Crippen molar-refractivity contribution in [3.63, 3.8) is 0 Å². The van der Waals surface area contributed by atoms with Crippen molar-refractivity contribution in [2.75, 3.05) is 52.3 Å². The number of hydrogen-bond donors (Lipinski definition) is 2. The lowest BCUT2D eigenvalue weighted by Crippen LogP contribution is -2.38. The predicted octanol–water partition coefficient (Wildman–Crippen LogP) is -1.05. The molecule has 0 unspecified atom stereocenters. The molecule has 1 aliphatic heterocycles. The van der Waals surface area contributed by atoms with E-state index in [-0.39, 0.29) is 32.2 Å². The van der Waals surface area contributed by atoms with Crippen LogP contribution in [0.15, 0.2) is 0 Å². The lowest BCUT2D eigenvalue weighted by atomic mass is 10.5. The van der Waals surface area contributed by atoms with Crippen LogP contribution in [0.1, 0.15) is 5.48 Å². The van der Waals surface area contributed by atoms with Crippen LogP contribution >= 0.6 is 0 Å². The van der Waals surface area contributed by atoms with Crippen LogP contribution in [0, 0.1) is 22.7 Å². The van der Waals surface area contributed by atoms with Gasteiger partial charge in [0.2, 0.25) is 0 Å². The molecule has 1 aliphatic rings. The Hall–Kier alpha value is -1.83. The molecule has 0 radical (unpaired) electrons. The third-order valence-corrected chi connectivity index (χ3v) is 2.48. The van der Waals surface area contributed by atoms with Crippen LogP contribution in [-0.4, -0.2) is 68.1 Å². The van der Waals surface area contributed by atoms with E-state index in [1.807, 2.05) is 0 Å². The molecule has 0 bridgehead atoms. The van der Waals surface area contributed by atoms with Crippen molar-refractivity contribution < 1.29 is 10.3 Å². The minimum Gasteiger partial charge on any atom is -0.322 e. The molecule has 0 aromatic heterocycles. The first kappa shape index (κ1) is 9.15. The van der Waals surface area contributed by atoms with Gasteiger partial charge in [-0.2, -0.15) is 10.5 Å². The molecule has 1 fully saturated rings. The molecular weight excluding hydrogens is 232 g/mol. The highest BCUT2D eigenvalue weighted by atomic mass is 16.2. The summed E-state index contributed by atoms with van der Waals surface area (Å²) in [5, 5.41) is 21.9. The van der Waals surface area contributed by atoms with E-state index in [4.69, 9.17) is 16.0 Å². The van der Waals surface area contributed by atoms with Gasteiger partial charge in [0.25, 0.3) is 0 Å². The summed E-state index contributed by atoms with van der Waals surface area (Å²) in [5.41, 5.74) is 0. The zero-order chi connectivity index (χ0) is 16.8. The van der Waals surface area contributed by atoms with Gasteiger partial charge in [-0.25, -0.2) is 4.79 Å². The van der Waals surface area contributed by atoms with Crippen LogP contribution in [0.3, 0.4) is 0 Å². The molecule has 1 saturated heterocycles. The summed E-state index contributed by atoms with van der Waals surface area (Å²) in [6.45, 7) is -2.37. The number of amides is 2. The Kier molecular flexibility index (Phi) is 4.21. The number of urea groups is 1. The molecule has 0 aromatic rings. The van der Waals surface area contributed by atoms with E-state index in [0.29, 0.717) is 13.1 Å². The van der Waals surface area contributed by atoms with E-state index < -0.39 is 13.0 Å². The van der Waals surface area contributed by atoms with E-state index in [2.05, 4.69) is 10.6 Å². The van der Waals surface area contributed by atoms with Gasteiger partial charge in [0.1, 0.15) is 0 Å². The average molecular weight is 254 g/mol. The maximum atomic E-state index is 12.0. The van der Waals surface area contributed by atoms with Gasteiger partial charge in [-0.05, 0) is 0 Å². The number of nitriles is 2. The fraction of sp³-hybridized carbons (Fsp3) is 0.727. The maximum absolute atomic E-state index is 12.0. The number of carbonyl (C=O) groups is 1. The summed E-state index contributed by atoms with van der Waals surface area (Å²) < 4.78 is 28.9. The fourth-order valence-corrected chi connectivity index (χ4v) is 1.63. The molecule has 18 heavy (non-hydrogen) atoms. The molecule has 1 rings (SSSR count). The van der Waals surface area contributed by atoms with Crippen LogP contribution in [0.5, 0.6) is 0 Å². The molecular formula is C11H18N6O. The van der Waals surface area contributed by atoms with Crippen molar-refractivity contribution in [1.29, 1.82) is 10.5 Å². The van der Waals surface area contributed by atoms with Gasteiger partial charge >= 0.3 is 6.03 Å². The lowest BCUT2D eigenvalue weighted by Gasteiger charge is -2.18. The zero-order valence-corrected chi connectivity index (χ0v) is 9.94. The van der Waals surface area contributed by atoms with Crippen LogP contribution < -0.4 is 10.6 Å². The van der Waals surface area contributed by atoms with Crippen LogP contribution in [0.25, 0.3) is 0 Å². The van der Waals surface area contributed by atoms with Crippen molar-refractivity contribution in [2.24, 2.45) is 0 Å². The Morgan fingerprint density at radius 1 is 1.11 bits per heavy atom. The van der Waals surface area contributed by atoms with Crippen LogP contribution in [0.2, 0.25) is 0 Å². The first-order chi connectivity index (χ1) is 10.2. The van der Waals surface area contributed by atoms with Gasteiger partial charge in [0.05, 0.1) is 30.6 Å². The highest BCUT2D eigenvalue weighted by molar-refractivity contribution is 5.76. The molecule has 2 amide bonds. The molecule has 98 valence electrons. The van der Waals surface area contributed by atoms with E-state index in [0.717, 1.165) is 0 Å². The Labute approximate surface area is 113 Å². The standard InChI is InChI=1S/C11H18N6O/c12-1-3-14-5-7-16-9-10-17(11(16)18)8-6-15-4-2-13/h14-15H,3-10H2/i3D2,4D2. The topological polar surface area (TPSA) is 95.2 Å². The first-order valence-electron chi connectivity index (χ1n) is 7.57. The third kappa shape index (κ3) is 4.58. The van der Waals surface area contributed by atoms with Gasteiger partial charge in [-0.15, -0.1) is 0 Å². The van der Waals surface area contributed by atoms with Gasteiger partial charge in [0.15, 0.2) is 0 Å². The molecule has 0 spiro atoms. The Morgan fingerprint density at radius 3 is 1.94 bits per heavy atom. The molecule has 0 aromatic carbocycles. The Balaban J connectivity index is 2.31. The average Bonchev–Trinajstić information content (AvgIpc) is 2.80. The molecule has 2 N–H and O–H groups in total. The SMILES string of the molecule is [2H]C([2H])(C#N)NCCN1CCN(CCNC([2H])([2H])C#N)C1=O. The molecule has 7 heteroatoms. The first-order valence-corrected chi connectivity index (χ1v) is 5.57. The van der Waals surface area contributed by atoms with Crippen molar-refractivity contribution >= 4 is 6.03 Å². The summed E-state index contributed by atoms with van der Waals surface area (Å²) in [6.07, 6.45) is 0. The summed E-state index contributed by atoms with van der Waals surface area (Å²) in [6, 6.07) is 2.72. The minimum absolute atomic E-state index is 0.162. The molecule has 7 nitrogen and oxygen atoms in total. The highest BCUT2D eigenvalue weighted by Gasteiger charge is 2.26. The predicted molar refractivity (Wildman–Crippen MR) is 65.5 cm³/mol. The molecule has 0 saturated carbocycles. The number of rotatable bonds is 8. The van der Waals surface area contributed by atoms with Crippen molar-refractivity contribution in [3.05, 3.63) is 0 Å². The second-order valence-corrected chi connectivity index (χ2v) is 3.58. The quantitative estimate of drug-likeness (QED) is 0.539. The van der Waals surface area contributed by atoms with E-state index in [1.54, 1.807) is 0 Å². The molecule has 0 aliphatic carbocycles. The summed E-state index contributed by atoms with van der Waals surface area (Å²) in [7, 11) is 0. The summed E-state index contributed by atoms with van der Waals surface area (Å²) in [4.78, 5) is 15.1. The second kappa shape index (κ2) is 8.29. The van der Waals surface area contributed by atoms with Crippen LogP contribution in [-0.2, 0) is 0 Å². The number of carbonyl (C=O) groups excluding carboxylic acids is 1. The Morgan fingerprint density at radius 2 is 1.56 bits per heavy atom. The van der Waals surface area contributed by atoms with E-state index in [1.165, 1.54) is 21.9 Å². The highest BCUT2D eigenvalue weighted by Crippen LogP contribution is 2.06. The zero-order valence-electron chi connectivity index (χ0n) is 13.9. The largest absolute Gasteiger partial charge is 0.322 e. The second-order valence-electron chi connectivity index (χ2n) is 3.58. The van der Waals surface area contributed by atoms with Gasteiger partial charge in [-0.1, -0.05) is 0 Å². The third-order valence-electron chi connectivity index (χ3n) is 2.48. The lowest BCUT2D eigenvalue weighted by molar-refractivity contribution is 0.192. The fourth-order valence-electron chi connectivity index (χ4n) is 1.63. The number of hydrogen-bond acceptors (Lipinski definition) is 5. The number of nitrogens with one attached hydrogen (secondary N) is 2. The normalized spacial score (nSPS) is 19.6. The van der Waals surface area contributed by atoms with Gasteiger partial charge in [-0.3, -0.25) is 0 Å². The summed E-state index contributed by atoms with van der Waals surface area (Å²) >= 11 is 0. The van der Waals surface area contributed by atoms with Crippen molar-refractivity contribution in [2.45, 2.75) is 0 Å². The molecule has 1 heterocycles. The van der Waals surface area contributed by atoms with Gasteiger partial charge in [0, 0.05) is 39.3 Å².